The molecule has 0 bridgehead atoms. The van der Waals surface area contributed by atoms with Crippen LogP contribution in [0.3, 0.4) is 0 Å². The maximum absolute atomic E-state index is 12.7. The summed E-state index contributed by atoms with van der Waals surface area (Å²) in [7, 11) is -3.80. The van der Waals surface area contributed by atoms with Crippen molar-refractivity contribution in [2.24, 2.45) is 0 Å². The van der Waals surface area contributed by atoms with Crippen molar-refractivity contribution in [3.05, 3.63) is 94.0 Å². The van der Waals surface area contributed by atoms with Crippen LogP contribution < -0.4 is 10.1 Å². The van der Waals surface area contributed by atoms with Gasteiger partial charge in [-0.05, 0) is 81.0 Å². The maximum Gasteiger partial charge on any atom is 0.296 e. The molecule has 3 aromatic carbocycles. The number of hydrogen-bond donors (Lipinski definition) is 1. The zero-order valence-corrected chi connectivity index (χ0v) is 22.6. The van der Waals surface area contributed by atoms with Gasteiger partial charge in [-0.25, -0.2) is 0 Å². The molecule has 0 aromatic heterocycles. The molecule has 9 heteroatoms. The van der Waals surface area contributed by atoms with E-state index in [0.29, 0.717) is 28.3 Å². The maximum atomic E-state index is 12.7. The van der Waals surface area contributed by atoms with E-state index < -0.39 is 10.1 Å². The van der Waals surface area contributed by atoms with Crippen molar-refractivity contribution in [2.75, 3.05) is 6.61 Å². The van der Waals surface area contributed by atoms with Gasteiger partial charge in [0.2, 0.25) is 0 Å². The number of hydrogen-bond acceptors (Lipinski definition) is 6. The van der Waals surface area contributed by atoms with Crippen LogP contribution in [0, 0.1) is 18.3 Å². The number of nitriles is 1. The Balaban J connectivity index is 1.21. The minimum absolute atomic E-state index is 0.0156. The van der Waals surface area contributed by atoms with Crippen LogP contribution >= 0.6 is 11.6 Å². The van der Waals surface area contributed by atoms with E-state index in [1.807, 2.05) is 25.1 Å². The Morgan fingerprint density at radius 2 is 1.71 bits per heavy atom. The average molecular weight is 553 g/mol. The van der Waals surface area contributed by atoms with Gasteiger partial charge >= 0.3 is 0 Å². The molecule has 1 fully saturated rings. The molecular weight excluding hydrogens is 524 g/mol. The Kier molecular flexibility index (Phi) is 9.05. The molecule has 4 rings (SSSR count). The molecule has 0 heterocycles. The van der Waals surface area contributed by atoms with Gasteiger partial charge in [0.15, 0.2) is 0 Å². The summed E-state index contributed by atoms with van der Waals surface area (Å²) in [6.07, 6.45) is 3.63. The Bertz CT molecular complexity index is 1410. The van der Waals surface area contributed by atoms with Gasteiger partial charge in [0.1, 0.15) is 11.8 Å². The van der Waals surface area contributed by atoms with E-state index in [1.165, 1.54) is 12.1 Å². The lowest BCUT2D eigenvalue weighted by Crippen LogP contribution is -2.39. The molecule has 0 unspecified atom stereocenters. The quantitative estimate of drug-likeness (QED) is 0.347. The van der Waals surface area contributed by atoms with Crippen molar-refractivity contribution in [3.8, 4) is 11.8 Å². The Hall–Kier alpha value is -3.38. The van der Waals surface area contributed by atoms with E-state index in [2.05, 4.69) is 5.32 Å². The summed E-state index contributed by atoms with van der Waals surface area (Å²) < 4.78 is 35.8. The largest absolute Gasteiger partial charge is 0.490 e. The highest BCUT2D eigenvalue weighted by atomic mass is 35.5. The summed E-state index contributed by atoms with van der Waals surface area (Å²) in [6, 6.07) is 20.8. The number of rotatable bonds is 9. The summed E-state index contributed by atoms with van der Waals surface area (Å²) in [5.41, 5.74) is 2.81. The molecule has 1 N–H and O–H groups in total. The van der Waals surface area contributed by atoms with Crippen molar-refractivity contribution >= 4 is 27.6 Å². The molecule has 7 nitrogen and oxygen atoms in total. The van der Waals surface area contributed by atoms with Crippen LogP contribution in [0.4, 0.5) is 0 Å². The second kappa shape index (κ2) is 12.4. The predicted molar refractivity (Wildman–Crippen MR) is 145 cm³/mol. The van der Waals surface area contributed by atoms with Crippen LogP contribution in [0.2, 0.25) is 5.02 Å². The van der Waals surface area contributed by atoms with E-state index in [1.54, 1.807) is 42.5 Å². The number of nitrogens with zero attached hydrogens (tertiary/aromatic N) is 1. The third-order valence-electron chi connectivity index (χ3n) is 6.53. The van der Waals surface area contributed by atoms with Crippen molar-refractivity contribution in [1.29, 1.82) is 5.26 Å². The number of carbonyl (C=O) groups is 1. The normalized spacial score (nSPS) is 17.4. The summed E-state index contributed by atoms with van der Waals surface area (Å²) in [4.78, 5) is 12.9. The highest BCUT2D eigenvalue weighted by Gasteiger charge is 2.24. The second-order valence-corrected chi connectivity index (χ2v) is 11.4. The van der Waals surface area contributed by atoms with E-state index in [-0.39, 0.29) is 29.6 Å². The number of halogens is 1. The number of aryl methyl sites for hydroxylation is 1. The van der Waals surface area contributed by atoms with Gasteiger partial charge in [-0.15, -0.1) is 0 Å². The number of carbonyl (C=O) groups excluding carboxylic acids is 1. The van der Waals surface area contributed by atoms with Crippen LogP contribution in [0.25, 0.3) is 0 Å². The fraction of sp³-hybridized carbons (Fsp3) is 0.310. The van der Waals surface area contributed by atoms with Crippen LogP contribution in [-0.2, 0) is 20.7 Å². The predicted octanol–water partition coefficient (Wildman–Crippen LogP) is 5.59. The van der Waals surface area contributed by atoms with Gasteiger partial charge in [0, 0.05) is 17.7 Å². The van der Waals surface area contributed by atoms with E-state index in [4.69, 9.17) is 25.8 Å². The summed E-state index contributed by atoms with van der Waals surface area (Å²) in [5.74, 6) is 0.498. The van der Waals surface area contributed by atoms with Crippen molar-refractivity contribution in [2.45, 2.75) is 56.1 Å². The SMILES string of the molecule is Cc1ccc(S(=O)(=O)OCCc2ccc(C(=O)NC3CCC(Oc4ccc(C#N)c(Cl)c4)CC3)cc2)cc1. The lowest BCUT2D eigenvalue weighted by Gasteiger charge is -2.29. The van der Waals surface area contributed by atoms with E-state index >= 15 is 0 Å². The first-order valence-electron chi connectivity index (χ1n) is 12.5. The fourth-order valence-corrected chi connectivity index (χ4v) is 5.43. The van der Waals surface area contributed by atoms with Gasteiger partial charge in [-0.3, -0.25) is 8.98 Å². The van der Waals surface area contributed by atoms with Gasteiger partial charge in [-0.1, -0.05) is 41.4 Å². The minimum Gasteiger partial charge on any atom is -0.490 e. The molecule has 0 spiro atoms. The standard InChI is InChI=1S/C29H29ClN2O5S/c1-20-2-14-27(15-3-20)38(34,35)36-17-16-21-4-6-22(7-5-21)29(33)32-24-9-12-25(13-10-24)37-26-11-8-23(19-31)28(30)18-26/h2-8,11,14-15,18,24-25H,9-10,12-13,16-17H2,1H3,(H,32,33). The molecule has 0 atom stereocenters. The zero-order valence-electron chi connectivity index (χ0n) is 21.0. The first-order chi connectivity index (χ1) is 18.2. The van der Waals surface area contributed by atoms with Crippen molar-refractivity contribution in [1.82, 2.24) is 5.32 Å². The van der Waals surface area contributed by atoms with Gasteiger partial charge < -0.3 is 10.1 Å². The van der Waals surface area contributed by atoms with Crippen molar-refractivity contribution < 1.29 is 22.1 Å². The summed E-state index contributed by atoms with van der Waals surface area (Å²) >= 11 is 6.09. The zero-order chi connectivity index (χ0) is 27.1. The molecule has 0 aliphatic heterocycles. The molecule has 0 saturated heterocycles. The van der Waals surface area contributed by atoms with Gasteiger partial charge in [0.05, 0.1) is 28.2 Å². The Labute approximate surface area is 228 Å². The van der Waals surface area contributed by atoms with E-state index in [0.717, 1.165) is 36.8 Å². The Morgan fingerprint density at radius 1 is 1.03 bits per heavy atom. The smallest absolute Gasteiger partial charge is 0.296 e. The lowest BCUT2D eigenvalue weighted by molar-refractivity contribution is 0.0894. The first kappa shape index (κ1) is 27.6. The third kappa shape index (κ3) is 7.35. The lowest BCUT2D eigenvalue weighted by atomic mass is 9.92. The monoisotopic (exact) mass is 552 g/mol. The van der Waals surface area contributed by atoms with Gasteiger partial charge in [-0.2, -0.15) is 13.7 Å². The highest BCUT2D eigenvalue weighted by molar-refractivity contribution is 7.86. The van der Waals surface area contributed by atoms with Crippen LogP contribution in [-0.4, -0.2) is 33.1 Å². The first-order valence-corrected chi connectivity index (χ1v) is 14.2. The summed E-state index contributed by atoms with van der Waals surface area (Å²) in [5, 5.41) is 12.5. The van der Waals surface area contributed by atoms with Crippen molar-refractivity contribution in [3.63, 3.8) is 0 Å². The molecule has 1 amide bonds. The Morgan fingerprint density at radius 3 is 2.34 bits per heavy atom. The van der Waals surface area contributed by atoms with Crippen LogP contribution in [0.15, 0.2) is 71.6 Å². The van der Waals surface area contributed by atoms with Gasteiger partial charge in [0.25, 0.3) is 16.0 Å². The molecule has 0 radical (unpaired) electrons. The number of amides is 1. The van der Waals surface area contributed by atoms with Crippen LogP contribution in [0.5, 0.6) is 5.75 Å². The third-order valence-corrected chi connectivity index (χ3v) is 8.17. The van der Waals surface area contributed by atoms with Crippen LogP contribution in [0.1, 0.15) is 52.7 Å². The number of nitrogens with one attached hydrogen (secondary N) is 1. The highest BCUT2D eigenvalue weighted by Crippen LogP contribution is 2.27. The molecule has 1 aliphatic carbocycles. The minimum atomic E-state index is -3.80. The molecule has 3 aromatic rings. The number of ether oxygens (including phenoxy) is 1. The molecule has 1 aliphatic rings. The second-order valence-electron chi connectivity index (χ2n) is 9.35. The fourth-order valence-electron chi connectivity index (χ4n) is 4.31. The molecule has 1 saturated carbocycles. The molecular formula is C29H29ClN2O5S. The average Bonchev–Trinajstić information content (AvgIpc) is 2.90. The topological polar surface area (TPSA) is 105 Å². The number of benzene rings is 3. The summed E-state index contributed by atoms with van der Waals surface area (Å²) in [6.45, 7) is 1.90. The molecule has 198 valence electrons. The molecule has 38 heavy (non-hydrogen) atoms. The van der Waals surface area contributed by atoms with E-state index in [9.17, 15) is 13.2 Å².